The number of amides is 2. The number of nitrogens with zero attached hydrogens (tertiary/aromatic N) is 4. The van der Waals surface area contributed by atoms with Crippen LogP contribution < -0.4 is 0 Å². The number of carbonyl (C=O) groups excluding carboxylic acids is 2. The van der Waals surface area contributed by atoms with E-state index >= 15 is 0 Å². The normalized spacial score (nSPS) is 16.7. The van der Waals surface area contributed by atoms with E-state index in [1.54, 1.807) is 0 Å². The van der Waals surface area contributed by atoms with Crippen molar-refractivity contribution in [3.8, 4) is 0 Å². The van der Waals surface area contributed by atoms with Crippen LogP contribution in [0.4, 0.5) is 0 Å². The molecule has 0 saturated heterocycles. The number of hydrogen-bond acceptors (Lipinski definition) is 8. The van der Waals surface area contributed by atoms with E-state index in [4.69, 9.17) is 15.7 Å². The standard InChI is InChI=1S/C8H14N4O7/c1-3(14)12(11-10-9)8(19)7(18)6(17)5(16)4(15)2-13/h4-7,13,15-18H,2H2,1H3/t4-,5+,6+,7-/m1/s1. The second-order valence-electron chi connectivity index (χ2n) is 3.52. The van der Waals surface area contributed by atoms with Gasteiger partial charge in [-0.05, 0) is 5.22 Å². The fraction of sp³-hybridized carbons (Fsp3) is 0.750. The van der Waals surface area contributed by atoms with Crippen molar-refractivity contribution in [2.45, 2.75) is 31.3 Å². The molecule has 0 radical (unpaired) electrons. The van der Waals surface area contributed by atoms with Crippen molar-refractivity contribution < 1.29 is 35.1 Å². The predicted molar refractivity (Wildman–Crippen MR) is 57.8 cm³/mol. The van der Waals surface area contributed by atoms with Crippen LogP contribution in [-0.2, 0) is 9.59 Å². The molecular weight excluding hydrogens is 264 g/mol. The van der Waals surface area contributed by atoms with Gasteiger partial charge in [-0.2, -0.15) is 4.91 Å². The smallest absolute Gasteiger partial charge is 0.351 e. The van der Waals surface area contributed by atoms with Gasteiger partial charge < -0.3 is 25.5 Å². The van der Waals surface area contributed by atoms with Crippen LogP contribution in [0, 0.1) is 0 Å². The Bertz CT molecular complexity index is 381. The molecule has 5 N–H and O–H groups in total. The summed E-state index contributed by atoms with van der Waals surface area (Å²) in [6.45, 7) is -0.0589. The largest absolute Gasteiger partial charge is 0.394 e. The maximum Gasteiger partial charge on any atom is 0.351 e. The van der Waals surface area contributed by atoms with Crippen LogP contribution in [0.25, 0.3) is 10.4 Å². The van der Waals surface area contributed by atoms with Gasteiger partial charge in [-0.25, -0.2) is 9.59 Å². The highest BCUT2D eigenvalue weighted by molar-refractivity contribution is 5.96. The summed E-state index contributed by atoms with van der Waals surface area (Å²) in [6, 6.07) is 0. The third-order valence-electron chi connectivity index (χ3n) is 2.14. The van der Waals surface area contributed by atoms with E-state index in [0.717, 1.165) is 6.92 Å². The Morgan fingerprint density at radius 3 is 2.16 bits per heavy atom. The van der Waals surface area contributed by atoms with Gasteiger partial charge in [0.2, 0.25) is 0 Å². The number of aliphatic hydroxyl groups excluding tert-OH is 5. The molecule has 11 nitrogen and oxygen atoms in total. The van der Waals surface area contributed by atoms with E-state index < -0.39 is 42.8 Å². The molecule has 0 spiro atoms. The zero-order valence-electron chi connectivity index (χ0n) is 9.86. The fourth-order valence-corrected chi connectivity index (χ4v) is 1.10. The SMILES string of the molecule is CC(=O)N(N=[N+]=[N-])C(=O)[C@H](O)[C@@H](O)[C@@H](O)[C@H](O)CO. The lowest BCUT2D eigenvalue weighted by atomic mass is 10.0. The van der Waals surface area contributed by atoms with Crippen LogP contribution in [0.2, 0.25) is 0 Å². The van der Waals surface area contributed by atoms with E-state index in [2.05, 4.69) is 10.1 Å². The minimum atomic E-state index is -2.33. The van der Waals surface area contributed by atoms with Gasteiger partial charge in [-0.1, -0.05) is 0 Å². The Morgan fingerprint density at radius 2 is 1.79 bits per heavy atom. The van der Waals surface area contributed by atoms with Crippen LogP contribution in [0.1, 0.15) is 6.92 Å². The van der Waals surface area contributed by atoms with Crippen LogP contribution in [0.15, 0.2) is 5.22 Å². The Hall–Kier alpha value is -1.75. The summed E-state index contributed by atoms with van der Waals surface area (Å²) in [7, 11) is 0. The molecule has 0 aromatic rings. The highest BCUT2D eigenvalue weighted by atomic mass is 16.4. The minimum Gasteiger partial charge on any atom is -0.394 e. The second kappa shape index (κ2) is 7.63. The Balaban J connectivity index is 4.98. The molecule has 19 heavy (non-hydrogen) atoms. The predicted octanol–water partition coefficient (Wildman–Crippen LogP) is -2.98. The van der Waals surface area contributed by atoms with Crippen molar-refractivity contribution in [1.82, 2.24) is 5.01 Å². The highest BCUT2D eigenvalue weighted by Crippen LogP contribution is 2.09. The lowest BCUT2D eigenvalue weighted by molar-refractivity contribution is -0.162. The number of imide groups is 1. The van der Waals surface area contributed by atoms with Gasteiger partial charge in [0.25, 0.3) is 0 Å². The lowest BCUT2D eigenvalue weighted by Gasteiger charge is -2.24. The van der Waals surface area contributed by atoms with E-state index in [1.165, 1.54) is 0 Å². The maximum absolute atomic E-state index is 11.5. The minimum absolute atomic E-state index is 0.0497. The summed E-state index contributed by atoms with van der Waals surface area (Å²) in [5, 5.41) is 48.3. The molecule has 0 aromatic heterocycles. The molecule has 2 amide bonds. The zero-order valence-corrected chi connectivity index (χ0v) is 9.86. The third-order valence-corrected chi connectivity index (χ3v) is 2.14. The molecule has 0 aliphatic heterocycles. The van der Waals surface area contributed by atoms with Crippen molar-refractivity contribution in [2.24, 2.45) is 5.22 Å². The van der Waals surface area contributed by atoms with Crippen LogP contribution in [0.3, 0.4) is 0 Å². The van der Waals surface area contributed by atoms with Crippen molar-refractivity contribution in [2.75, 3.05) is 6.61 Å². The summed E-state index contributed by atoms with van der Waals surface area (Å²) in [5.41, 5.74) is 8.14. The first kappa shape index (κ1) is 17.2. The molecule has 11 heteroatoms. The van der Waals surface area contributed by atoms with Crippen molar-refractivity contribution in [3.05, 3.63) is 10.4 Å². The van der Waals surface area contributed by atoms with Gasteiger partial charge in [-0.3, -0.25) is 0 Å². The average Bonchev–Trinajstić information content (AvgIpc) is 2.40. The first-order valence-corrected chi connectivity index (χ1v) is 5.00. The van der Waals surface area contributed by atoms with Crippen LogP contribution in [0.5, 0.6) is 0 Å². The van der Waals surface area contributed by atoms with Gasteiger partial charge in [0.05, 0.1) is 6.61 Å². The third kappa shape index (κ3) is 4.44. The first-order valence-electron chi connectivity index (χ1n) is 5.00. The molecule has 0 aliphatic rings. The Morgan fingerprint density at radius 1 is 1.26 bits per heavy atom. The summed E-state index contributed by atoms with van der Waals surface area (Å²) in [6.07, 6.45) is -8.36. The maximum atomic E-state index is 11.5. The van der Waals surface area contributed by atoms with Crippen molar-refractivity contribution in [1.29, 1.82) is 0 Å². The average molecular weight is 278 g/mol. The topological polar surface area (TPSA) is 187 Å². The van der Waals surface area contributed by atoms with Gasteiger partial charge >= 0.3 is 11.8 Å². The molecule has 0 unspecified atom stereocenters. The lowest BCUT2D eigenvalue weighted by Crippen LogP contribution is -2.52. The van der Waals surface area contributed by atoms with Gasteiger partial charge in [0.1, 0.15) is 18.3 Å². The highest BCUT2D eigenvalue weighted by Gasteiger charge is 2.39. The van der Waals surface area contributed by atoms with Crippen molar-refractivity contribution >= 4 is 11.8 Å². The number of rotatable bonds is 6. The molecule has 0 aromatic carbocycles. The monoisotopic (exact) mass is 278 g/mol. The van der Waals surface area contributed by atoms with Gasteiger partial charge in [0.15, 0.2) is 6.10 Å². The summed E-state index contributed by atoms with van der Waals surface area (Å²) in [5.74, 6) is -2.51. The molecular formula is C8H14N4O7. The molecule has 4 atom stereocenters. The molecule has 0 fully saturated rings. The second-order valence-corrected chi connectivity index (χ2v) is 3.52. The Labute approximate surface area is 106 Å². The molecule has 0 bridgehead atoms. The Kier molecular flexibility index (Phi) is 6.93. The van der Waals surface area contributed by atoms with E-state index in [-0.39, 0.29) is 5.01 Å². The summed E-state index contributed by atoms with van der Waals surface area (Å²) in [4.78, 5) is 24.6. The number of carbonyl (C=O) groups is 2. The molecule has 108 valence electrons. The number of azide groups is 1. The fourth-order valence-electron chi connectivity index (χ4n) is 1.10. The first-order chi connectivity index (χ1) is 8.77. The van der Waals surface area contributed by atoms with Gasteiger partial charge in [0, 0.05) is 6.92 Å². The van der Waals surface area contributed by atoms with Gasteiger partial charge in [-0.15, -0.1) is 10.5 Å². The van der Waals surface area contributed by atoms with E-state index in [0.29, 0.717) is 0 Å². The van der Waals surface area contributed by atoms with E-state index in [1.807, 2.05) is 0 Å². The summed E-state index contributed by atoms with van der Waals surface area (Å²) < 4.78 is 0. The number of aliphatic hydroxyl groups is 5. The molecule has 0 aliphatic carbocycles. The quantitative estimate of drug-likeness (QED) is 0.148. The molecule has 0 rings (SSSR count). The van der Waals surface area contributed by atoms with Crippen molar-refractivity contribution in [3.63, 3.8) is 0 Å². The summed E-state index contributed by atoms with van der Waals surface area (Å²) >= 11 is 0. The molecule has 0 heterocycles. The molecule has 0 saturated carbocycles. The van der Waals surface area contributed by atoms with Crippen LogP contribution >= 0.6 is 0 Å². The van der Waals surface area contributed by atoms with Crippen LogP contribution in [-0.4, -0.2) is 73.4 Å². The zero-order chi connectivity index (χ0) is 15.2. The number of hydrogen-bond donors (Lipinski definition) is 5. The van der Waals surface area contributed by atoms with E-state index in [9.17, 15) is 24.9 Å².